The first-order valence-electron chi connectivity index (χ1n) is 9.16. The minimum Gasteiger partial charge on any atom is -0.378 e. The Morgan fingerprint density at radius 1 is 1.23 bits per heavy atom. The van der Waals surface area contributed by atoms with Crippen molar-refractivity contribution in [2.75, 3.05) is 6.61 Å². The van der Waals surface area contributed by atoms with Crippen molar-refractivity contribution >= 4 is 28.1 Å². The van der Waals surface area contributed by atoms with Crippen LogP contribution in [0.15, 0.2) is 47.8 Å². The third-order valence-corrected chi connectivity index (χ3v) is 6.44. The average molecular weight is 364 g/mol. The smallest absolute Gasteiger partial charge is 0.252 e. The number of ether oxygens (including phenoxy) is 1. The van der Waals surface area contributed by atoms with Crippen molar-refractivity contribution in [3.8, 4) is 10.6 Å². The van der Waals surface area contributed by atoms with Crippen LogP contribution >= 0.6 is 11.3 Å². The molecule has 3 atom stereocenters. The molecule has 0 spiro atoms. The third kappa shape index (κ3) is 2.72. The van der Waals surface area contributed by atoms with Gasteiger partial charge in [0.15, 0.2) is 0 Å². The van der Waals surface area contributed by atoms with E-state index in [1.807, 2.05) is 47.8 Å². The van der Waals surface area contributed by atoms with Crippen LogP contribution in [0.1, 0.15) is 29.6 Å². The molecule has 2 fully saturated rings. The first-order chi connectivity index (χ1) is 12.8. The second-order valence-electron chi connectivity index (χ2n) is 7.08. The molecule has 0 bridgehead atoms. The van der Waals surface area contributed by atoms with Crippen molar-refractivity contribution < 1.29 is 9.53 Å². The average Bonchev–Trinajstić information content (AvgIpc) is 3.20. The van der Waals surface area contributed by atoms with Crippen molar-refractivity contribution in [1.29, 1.82) is 0 Å². The number of carbonyl (C=O) groups excluding carboxylic acids is 1. The van der Waals surface area contributed by atoms with Gasteiger partial charge in [0.2, 0.25) is 0 Å². The number of benzene rings is 1. The molecule has 3 unspecified atom stereocenters. The van der Waals surface area contributed by atoms with Crippen LogP contribution in [0.25, 0.3) is 21.5 Å². The standard InChI is InChI=1S/C21H20N2O2S/c24-21(23-17-12-19-14(17)6-3-9-25-19)15-11-18(20-8-4-10-26-20)22-16-7-2-1-5-13(15)16/h1-2,4-5,7-8,10-11,14,17,19H,3,6,9,12H2,(H,23,24). The Balaban J connectivity index is 1.48. The number of hydrogen-bond acceptors (Lipinski definition) is 4. The molecule has 1 aliphatic carbocycles. The van der Waals surface area contributed by atoms with E-state index in [9.17, 15) is 4.79 Å². The first-order valence-corrected chi connectivity index (χ1v) is 10.0. The number of nitrogens with zero attached hydrogens (tertiary/aromatic N) is 1. The van der Waals surface area contributed by atoms with Crippen LogP contribution in [0.3, 0.4) is 0 Å². The number of rotatable bonds is 3. The number of thiophene rings is 1. The van der Waals surface area contributed by atoms with Gasteiger partial charge in [-0.3, -0.25) is 4.79 Å². The minimum absolute atomic E-state index is 0.00423. The van der Waals surface area contributed by atoms with E-state index in [1.165, 1.54) is 0 Å². The number of nitrogens with one attached hydrogen (secondary N) is 1. The topological polar surface area (TPSA) is 51.2 Å². The summed E-state index contributed by atoms with van der Waals surface area (Å²) in [7, 11) is 0. The Morgan fingerprint density at radius 2 is 2.15 bits per heavy atom. The zero-order chi connectivity index (χ0) is 17.5. The molecule has 5 heteroatoms. The van der Waals surface area contributed by atoms with E-state index in [-0.39, 0.29) is 11.9 Å². The van der Waals surface area contributed by atoms with E-state index in [2.05, 4.69) is 5.32 Å². The summed E-state index contributed by atoms with van der Waals surface area (Å²) in [5.41, 5.74) is 2.42. The van der Waals surface area contributed by atoms with Gasteiger partial charge >= 0.3 is 0 Å². The fourth-order valence-electron chi connectivity index (χ4n) is 4.12. The summed E-state index contributed by atoms with van der Waals surface area (Å²) in [6.45, 7) is 0.862. The molecule has 26 heavy (non-hydrogen) atoms. The van der Waals surface area contributed by atoms with E-state index >= 15 is 0 Å². The highest BCUT2D eigenvalue weighted by Crippen LogP contribution is 2.38. The van der Waals surface area contributed by atoms with Gasteiger partial charge in [-0.15, -0.1) is 11.3 Å². The van der Waals surface area contributed by atoms with E-state index in [0.717, 1.165) is 47.3 Å². The molecule has 1 N–H and O–H groups in total. The molecule has 3 heterocycles. The quantitative estimate of drug-likeness (QED) is 0.755. The van der Waals surface area contributed by atoms with Gasteiger partial charge in [0.1, 0.15) is 0 Å². The van der Waals surface area contributed by atoms with Crippen LogP contribution in [-0.2, 0) is 4.74 Å². The SMILES string of the molecule is O=C(NC1CC2OCCCC12)c1cc(-c2cccs2)nc2ccccc12. The minimum atomic E-state index is -0.00423. The monoisotopic (exact) mass is 364 g/mol. The van der Waals surface area contributed by atoms with Gasteiger partial charge in [0, 0.05) is 24.0 Å². The molecule has 132 valence electrons. The Morgan fingerprint density at radius 3 is 3.00 bits per heavy atom. The summed E-state index contributed by atoms with van der Waals surface area (Å²) in [6.07, 6.45) is 3.50. The van der Waals surface area contributed by atoms with Crippen molar-refractivity contribution in [3.63, 3.8) is 0 Å². The maximum absolute atomic E-state index is 13.1. The normalized spacial score (nSPS) is 24.7. The maximum Gasteiger partial charge on any atom is 0.252 e. The lowest BCUT2D eigenvalue weighted by Crippen LogP contribution is -2.57. The van der Waals surface area contributed by atoms with Crippen LogP contribution in [0, 0.1) is 5.92 Å². The highest BCUT2D eigenvalue weighted by Gasteiger charge is 2.44. The summed E-state index contributed by atoms with van der Waals surface area (Å²) < 4.78 is 5.77. The van der Waals surface area contributed by atoms with E-state index < -0.39 is 0 Å². The van der Waals surface area contributed by atoms with Gasteiger partial charge in [0.25, 0.3) is 5.91 Å². The van der Waals surface area contributed by atoms with Gasteiger partial charge < -0.3 is 10.1 Å². The molecule has 1 aromatic carbocycles. The van der Waals surface area contributed by atoms with Gasteiger partial charge in [0.05, 0.1) is 27.8 Å². The van der Waals surface area contributed by atoms with E-state index in [0.29, 0.717) is 17.6 Å². The third-order valence-electron chi connectivity index (χ3n) is 5.55. The molecular formula is C21H20N2O2S. The molecular weight excluding hydrogens is 344 g/mol. The number of carbonyl (C=O) groups is 1. The zero-order valence-corrected chi connectivity index (χ0v) is 15.2. The van der Waals surface area contributed by atoms with Crippen molar-refractivity contribution in [1.82, 2.24) is 10.3 Å². The predicted octanol–water partition coefficient (Wildman–Crippen LogP) is 4.26. The van der Waals surface area contributed by atoms with Crippen molar-refractivity contribution in [2.24, 2.45) is 5.92 Å². The lowest BCUT2D eigenvalue weighted by molar-refractivity contribution is -0.100. The molecule has 1 amide bonds. The van der Waals surface area contributed by atoms with Gasteiger partial charge in [-0.05, 0) is 42.8 Å². The fourth-order valence-corrected chi connectivity index (χ4v) is 4.81. The number of aromatic nitrogens is 1. The Labute approximate surface area is 156 Å². The molecule has 1 saturated carbocycles. The zero-order valence-electron chi connectivity index (χ0n) is 14.4. The summed E-state index contributed by atoms with van der Waals surface area (Å²) in [4.78, 5) is 18.9. The van der Waals surface area contributed by atoms with Crippen LogP contribution in [0.2, 0.25) is 0 Å². The van der Waals surface area contributed by atoms with Crippen LogP contribution in [0.5, 0.6) is 0 Å². The largest absolute Gasteiger partial charge is 0.378 e. The lowest BCUT2D eigenvalue weighted by atomic mass is 9.72. The maximum atomic E-state index is 13.1. The molecule has 1 aliphatic heterocycles. The van der Waals surface area contributed by atoms with E-state index in [4.69, 9.17) is 9.72 Å². The molecule has 1 saturated heterocycles. The van der Waals surface area contributed by atoms with Gasteiger partial charge in [-0.25, -0.2) is 4.98 Å². The summed E-state index contributed by atoms with van der Waals surface area (Å²) in [5, 5.41) is 6.19. The number of para-hydroxylation sites is 1. The summed E-state index contributed by atoms with van der Waals surface area (Å²) in [6, 6.07) is 14.1. The summed E-state index contributed by atoms with van der Waals surface area (Å²) in [5.74, 6) is 0.466. The Hall–Kier alpha value is -2.24. The van der Waals surface area contributed by atoms with Crippen LogP contribution in [-0.4, -0.2) is 29.6 Å². The second kappa shape index (κ2) is 6.49. The van der Waals surface area contributed by atoms with E-state index in [1.54, 1.807) is 11.3 Å². The predicted molar refractivity (Wildman–Crippen MR) is 103 cm³/mol. The van der Waals surface area contributed by atoms with Crippen molar-refractivity contribution in [2.45, 2.75) is 31.4 Å². The van der Waals surface area contributed by atoms with Gasteiger partial charge in [-0.2, -0.15) is 0 Å². The van der Waals surface area contributed by atoms with Gasteiger partial charge in [-0.1, -0.05) is 24.3 Å². The van der Waals surface area contributed by atoms with Crippen LogP contribution in [0.4, 0.5) is 0 Å². The Bertz CT molecular complexity index is 954. The molecule has 4 nitrogen and oxygen atoms in total. The fraction of sp³-hybridized carbons (Fsp3) is 0.333. The lowest BCUT2D eigenvalue weighted by Gasteiger charge is -2.47. The molecule has 5 rings (SSSR count). The number of amides is 1. The molecule has 0 radical (unpaired) electrons. The number of pyridine rings is 1. The molecule has 2 aromatic heterocycles. The first kappa shape index (κ1) is 16.0. The molecule has 2 aliphatic rings. The Kier molecular flexibility index (Phi) is 3.98. The highest BCUT2D eigenvalue weighted by atomic mass is 32.1. The van der Waals surface area contributed by atoms with Crippen LogP contribution < -0.4 is 5.32 Å². The summed E-state index contributed by atoms with van der Waals surface area (Å²) >= 11 is 1.64. The number of fused-ring (bicyclic) bond motifs is 2. The number of hydrogen-bond donors (Lipinski definition) is 1. The molecule has 3 aromatic rings. The highest BCUT2D eigenvalue weighted by molar-refractivity contribution is 7.13. The van der Waals surface area contributed by atoms with Crippen molar-refractivity contribution in [3.05, 3.63) is 53.4 Å². The second-order valence-corrected chi connectivity index (χ2v) is 8.03.